The van der Waals surface area contributed by atoms with Gasteiger partial charge in [-0.05, 0) is 43.4 Å². The topological polar surface area (TPSA) is 125 Å². The highest BCUT2D eigenvalue weighted by Gasteiger charge is 2.74. The fourth-order valence-electron chi connectivity index (χ4n) is 7.56. The van der Waals surface area contributed by atoms with E-state index in [4.69, 9.17) is 9.47 Å². The number of ether oxygens (including phenoxy) is 2. The number of nitrogens with zero attached hydrogens (tertiary/aromatic N) is 2. The van der Waals surface area contributed by atoms with E-state index in [9.17, 15) is 19.5 Å². The van der Waals surface area contributed by atoms with E-state index in [1.165, 1.54) is 4.90 Å². The molecule has 10 nitrogen and oxygen atoms in total. The summed E-state index contributed by atoms with van der Waals surface area (Å²) in [4.78, 5) is 59.5. The maximum atomic E-state index is 15.0. The largest absolute Gasteiger partial charge is 0.455 e. The minimum absolute atomic E-state index is 0.0616. The lowest BCUT2D eigenvalue weighted by molar-refractivity contribution is -0.160. The van der Waals surface area contributed by atoms with Gasteiger partial charge >= 0.3 is 5.97 Å². The molecule has 4 aliphatic heterocycles. The van der Waals surface area contributed by atoms with Gasteiger partial charge in [-0.2, -0.15) is 0 Å². The molecule has 0 radical (unpaired) electrons. The van der Waals surface area contributed by atoms with Gasteiger partial charge in [0.25, 0.3) is 5.91 Å². The monoisotopic (exact) mass is 627 g/mol. The molecule has 46 heavy (non-hydrogen) atoms. The van der Waals surface area contributed by atoms with Crippen molar-refractivity contribution in [1.82, 2.24) is 10.2 Å². The molecular weight excluding hydrogens is 586 g/mol. The van der Waals surface area contributed by atoms with Crippen molar-refractivity contribution in [2.24, 2.45) is 11.8 Å². The molecule has 4 aliphatic rings. The van der Waals surface area contributed by atoms with Gasteiger partial charge in [-0.1, -0.05) is 79.8 Å². The molecule has 2 aromatic rings. The molecule has 0 aromatic heterocycles. The van der Waals surface area contributed by atoms with Gasteiger partial charge in [-0.15, -0.1) is 0 Å². The minimum atomic E-state index is -1.42. The number of fused-ring (bicyclic) bond motifs is 2. The lowest BCUT2D eigenvalue weighted by atomic mass is 9.74. The molecule has 3 amide bonds. The number of hydrogen-bond acceptors (Lipinski definition) is 7. The van der Waals surface area contributed by atoms with E-state index in [-0.39, 0.29) is 37.9 Å². The summed E-state index contributed by atoms with van der Waals surface area (Å²) in [6, 6.07) is 13.1. The Hall–Kier alpha value is -4.28. The number of aliphatic hydroxyl groups is 1. The Morgan fingerprint density at radius 1 is 1.00 bits per heavy atom. The van der Waals surface area contributed by atoms with Crippen LogP contribution < -0.4 is 10.2 Å². The third-order valence-electron chi connectivity index (χ3n) is 9.78. The summed E-state index contributed by atoms with van der Waals surface area (Å²) in [6.07, 6.45) is 6.73. The van der Waals surface area contributed by atoms with Gasteiger partial charge in [0.05, 0.1) is 31.2 Å². The number of likely N-dealkylation sites (tertiary alicyclic amines) is 1. The normalized spacial score (nSPS) is 31.1. The Kier molecular flexibility index (Phi) is 8.85. The first-order valence-electron chi connectivity index (χ1n) is 16.1. The highest BCUT2D eigenvalue weighted by Crippen LogP contribution is 2.56. The predicted molar refractivity (Wildman–Crippen MR) is 170 cm³/mol. The Bertz CT molecular complexity index is 1550. The lowest BCUT2D eigenvalue weighted by Crippen LogP contribution is -2.58. The van der Waals surface area contributed by atoms with Gasteiger partial charge in [-0.3, -0.25) is 19.2 Å². The van der Waals surface area contributed by atoms with E-state index in [1.807, 2.05) is 81.5 Å². The second-order valence-electron chi connectivity index (χ2n) is 12.5. The molecule has 6 rings (SSSR count). The molecule has 242 valence electrons. The number of esters is 1. The van der Waals surface area contributed by atoms with Crippen LogP contribution in [0.1, 0.15) is 49.0 Å². The van der Waals surface area contributed by atoms with Crippen LogP contribution in [-0.2, 0) is 28.7 Å². The molecule has 2 fully saturated rings. The zero-order chi connectivity index (χ0) is 32.6. The number of amides is 3. The Balaban J connectivity index is 1.47. The first kappa shape index (κ1) is 31.7. The molecule has 1 spiro atoms. The number of carbonyl (C=O) groups excluding carboxylic acids is 4. The number of cyclic esters (lactones) is 1. The zero-order valence-electron chi connectivity index (χ0n) is 26.4. The number of rotatable bonds is 5. The van der Waals surface area contributed by atoms with Crippen molar-refractivity contribution in [2.75, 3.05) is 24.6 Å². The van der Waals surface area contributed by atoms with Crippen molar-refractivity contribution >= 4 is 29.4 Å². The Morgan fingerprint density at radius 2 is 1.74 bits per heavy atom. The number of nitrogens with one attached hydrogen (secondary N) is 1. The zero-order valence-corrected chi connectivity index (χ0v) is 26.4. The molecule has 0 aliphatic carbocycles. The smallest absolute Gasteiger partial charge is 0.313 e. The summed E-state index contributed by atoms with van der Waals surface area (Å²) in [7, 11) is 0. The number of carbonyl (C=O) groups is 4. The third-order valence-corrected chi connectivity index (χ3v) is 9.78. The van der Waals surface area contributed by atoms with Gasteiger partial charge in [0.1, 0.15) is 23.7 Å². The predicted octanol–water partition coefficient (Wildman–Crippen LogP) is 3.31. The van der Waals surface area contributed by atoms with Crippen LogP contribution in [-0.4, -0.2) is 77.2 Å². The molecule has 7 atom stereocenters. The van der Waals surface area contributed by atoms with Gasteiger partial charge in [-0.25, -0.2) is 0 Å². The average Bonchev–Trinajstić information content (AvgIpc) is 3.70. The van der Waals surface area contributed by atoms with Crippen LogP contribution in [0.3, 0.4) is 0 Å². The lowest BCUT2D eigenvalue weighted by Gasteiger charge is -2.39. The van der Waals surface area contributed by atoms with E-state index in [1.54, 1.807) is 17.1 Å². The number of hydrogen-bond donors (Lipinski definition) is 2. The number of aliphatic hydroxyl groups excluding tert-OH is 1. The van der Waals surface area contributed by atoms with Crippen molar-refractivity contribution in [1.29, 1.82) is 0 Å². The van der Waals surface area contributed by atoms with Crippen LogP contribution in [0.25, 0.3) is 0 Å². The number of allylic oxidation sites excluding steroid dienone is 1. The molecule has 2 N–H and O–H groups in total. The van der Waals surface area contributed by atoms with E-state index in [0.717, 1.165) is 16.8 Å². The van der Waals surface area contributed by atoms with Crippen molar-refractivity contribution < 1.29 is 33.8 Å². The van der Waals surface area contributed by atoms with E-state index in [0.29, 0.717) is 18.4 Å². The van der Waals surface area contributed by atoms with Gasteiger partial charge in [0.15, 0.2) is 0 Å². The highest BCUT2D eigenvalue weighted by molar-refractivity contribution is 6.06. The first-order chi connectivity index (χ1) is 22.2. The van der Waals surface area contributed by atoms with Crippen molar-refractivity contribution in [3.8, 4) is 0 Å². The Labute approximate surface area is 269 Å². The van der Waals surface area contributed by atoms with E-state index < -0.39 is 53.6 Å². The molecule has 2 saturated heterocycles. The molecule has 4 heterocycles. The van der Waals surface area contributed by atoms with Crippen LogP contribution in [0.4, 0.5) is 5.69 Å². The van der Waals surface area contributed by atoms with Crippen LogP contribution >= 0.6 is 0 Å². The number of benzene rings is 2. The molecule has 5 bridgehead atoms. The SMILES string of the molecule is CC[C@@H](CO)N1C(=O)[C@H]2[C@@H]3C(=O)O[C@H](c4ccccc4)CNC(=O)CC/C=C\CN(c4c(C)cccc4C)C(=O)[C@H]1[C@@]21C=C[C@@H]3O1. The minimum Gasteiger partial charge on any atom is -0.455 e. The average molecular weight is 628 g/mol. The fourth-order valence-corrected chi connectivity index (χ4v) is 7.56. The summed E-state index contributed by atoms with van der Waals surface area (Å²) < 4.78 is 12.6. The highest BCUT2D eigenvalue weighted by atomic mass is 16.6. The van der Waals surface area contributed by atoms with Gasteiger partial charge in [0.2, 0.25) is 11.8 Å². The molecule has 0 unspecified atom stereocenters. The maximum Gasteiger partial charge on any atom is 0.313 e. The number of aryl methyl sites for hydroxylation is 2. The maximum absolute atomic E-state index is 15.0. The summed E-state index contributed by atoms with van der Waals surface area (Å²) >= 11 is 0. The second kappa shape index (κ2) is 12.8. The van der Waals surface area contributed by atoms with Crippen molar-refractivity contribution in [3.63, 3.8) is 0 Å². The standard InChI is InChI=1S/C36H41N3O7/c1-4-25(21-40)39-32-34(43)38(31-22(2)12-11-13-23(31)3)19-10-6-9-16-28(41)37-20-27(24-14-7-5-8-15-24)45-35(44)29-26-17-18-36(32,46-26)30(29)33(39)42/h5-8,10-15,17-18,25-27,29-30,32,40H,4,9,16,19-21H2,1-3H3,(H,37,41)/b10-6-/t25-,26-,27-,29+,30+,32-,36+/m0/s1. The van der Waals surface area contributed by atoms with Crippen LogP contribution in [0.15, 0.2) is 72.8 Å². The van der Waals surface area contributed by atoms with Crippen LogP contribution in [0.2, 0.25) is 0 Å². The van der Waals surface area contributed by atoms with Crippen molar-refractivity contribution in [3.05, 3.63) is 89.5 Å². The summed E-state index contributed by atoms with van der Waals surface area (Å²) in [5.41, 5.74) is 1.76. The molecule has 10 heteroatoms. The molecule has 2 aromatic carbocycles. The quantitative estimate of drug-likeness (QED) is 0.385. The summed E-state index contributed by atoms with van der Waals surface area (Å²) in [5, 5.41) is 13.3. The van der Waals surface area contributed by atoms with E-state index >= 15 is 4.79 Å². The van der Waals surface area contributed by atoms with Crippen molar-refractivity contribution in [2.45, 2.75) is 69.9 Å². The van der Waals surface area contributed by atoms with Crippen LogP contribution in [0, 0.1) is 25.7 Å². The van der Waals surface area contributed by atoms with Gasteiger partial charge < -0.3 is 29.7 Å². The fraction of sp³-hybridized carbons (Fsp3) is 0.444. The Morgan fingerprint density at radius 3 is 2.43 bits per heavy atom. The third kappa shape index (κ3) is 5.33. The number of para-hydroxylation sites is 1. The first-order valence-corrected chi connectivity index (χ1v) is 16.1. The summed E-state index contributed by atoms with van der Waals surface area (Å²) in [6.45, 7) is 5.61. The van der Waals surface area contributed by atoms with Crippen LogP contribution in [0.5, 0.6) is 0 Å². The molecule has 0 saturated carbocycles. The second-order valence-corrected chi connectivity index (χ2v) is 12.5. The van der Waals surface area contributed by atoms with Gasteiger partial charge in [0, 0.05) is 18.7 Å². The van der Waals surface area contributed by atoms with E-state index in [2.05, 4.69) is 5.32 Å². The molecular formula is C36H41N3O7. The number of anilines is 1. The summed E-state index contributed by atoms with van der Waals surface area (Å²) in [5.74, 6) is -3.66.